The Morgan fingerprint density at radius 1 is 1.10 bits per heavy atom. The van der Waals surface area contributed by atoms with Gasteiger partial charge in [-0.2, -0.15) is 14.7 Å². The molecule has 1 fully saturated rings. The van der Waals surface area contributed by atoms with Gasteiger partial charge in [0.1, 0.15) is 6.07 Å². The zero-order valence-corrected chi connectivity index (χ0v) is 16.5. The van der Waals surface area contributed by atoms with E-state index in [1.54, 1.807) is 6.07 Å². The standard InChI is InChI=1S/C17H17N9O3S/c18-10-13-15(19)26-16(23-21-13)14(17(27)24-26)22-20-11-4-6-12(7-5-11)30(28,29)25-8-2-1-3-9-25/h4-7H,1-3,8-9,19H2,(H,24,27). The fourth-order valence-corrected chi connectivity index (χ4v) is 4.67. The lowest BCUT2D eigenvalue weighted by Gasteiger charge is -2.25. The number of benzene rings is 1. The molecule has 0 amide bonds. The van der Waals surface area contributed by atoms with Crippen molar-refractivity contribution in [2.24, 2.45) is 10.2 Å². The van der Waals surface area contributed by atoms with E-state index >= 15 is 0 Å². The molecule has 2 aromatic heterocycles. The van der Waals surface area contributed by atoms with Gasteiger partial charge in [-0.1, -0.05) is 6.42 Å². The summed E-state index contributed by atoms with van der Waals surface area (Å²) in [4.78, 5) is 12.3. The SMILES string of the molecule is N#Cc1nnc2c(N=Nc3ccc(S(=O)(=O)N4CCCCC4)cc3)c(=O)[nH]n2c1N. The minimum atomic E-state index is -3.54. The van der Waals surface area contributed by atoms with E-state index in [9.17, 15) is 13.2 Å². The first-order valence-corrected chi connectivity index (χ1v) is 10.5. The van der Waals surface area contributed by atoms with E-state index in [0.29, 0.717) is 18.8 Å². The highest BCUT2D eigenvalue weighted by atomic mass is 32.2. The van der Waals surface area contributed by atoms with Crippen molar-refractivity contribution in [1.82, 2.24) is 24.1 Å². The Kier molecular flexibility index (Phi) is 5.02. The fourth-order valence-electron chi connectivity index (χ4n) is 3.15. The molecular formula is C17H17N9O3S. The number of nitriles is 1. The molecule has 0 spiro atoms. The molecule has 3 heterocycles. The summed E-state index contributed by atoms with van der Waals surface area (Å²) in [7, 11) is -3.54. The van der Waals surface area contributed by atoms with Crippen molar-refractivity contribution in [1.29, 1.82) is 5.26 Å². The smallest absolute Gasteiger partial charge is 0.294 e. The lowest BCUT2D eigenvalue weighted by atomic mass is 10.2. The molecule has 0 saturated carbocycles. The number of anilines is 1. The molecule has 1 saturated heterocycles. The number of nitrogens with one attached hydrogen (secondary N) is 1. The third-order valence-electron chi connectivity index (χ3n) is 4.74. The van der Waals surface area contributed by atoms with E-state index in [1.165, 1.54) is 28.6 Å². The van der Waals surface area contributed by atoms with Crippen LogP contribution in [-0.4, -0.2) is 45.6 Å². The average molecular weight is 427 g/mol. The van der Waals surface area contributed by atoms with Crippen LogP contribution in [-0.2, 0) is 10.0 Å². The quantitative estimate of drug-likeness (QED) is 0.592. The van der Waals surface area contributed by atoms with E-state index in [2.05, 4.69) is 25.5 Å². The van der Waals surface area contributed by atoms with Gasteiger partial charge in [0.15, 0.2) is 11.5 Å². The maximum Gasteiger partial charge on any atom is 0.294 e. The zero-order chi connectivity index (χ0) is 21.3. The minimum Gasteiger partial charge on any atom is -0.381 e. The Morgan fingerprint density at radius 3 is 2.47 bits per heavy atom. The number of fused-ring (bicyclic) bond motifs is 1. The number of hydrogen-bond acceptors (Lipinski definition) is 9. The van der Waals surface area contributed by atoms with Crippen LogP contribution in [0, 0.1) is 11.3 Å². The van der Waals surface area contributed by atoms with Gasteiger partial charge in [-0.3, -0.25) is 9.89 Å². The Labute approximate surface area is 170 Å². The summed E-state index contributed by atoms with van der Waals surface area (Å²) < 4.78 is 28.0. The van der Waals surface area contributed by atoms with E-state index in [-0.39, 0.29) is 27.7 Å². The van der Waals surface area contributed by atoms with Crippen molar-refractivity contribution >= 4 is 32.9 Å². The third kappa shape index (κ3) is 3.42. The second-order valence-electron chi connectivity index (χ2n) is 6.65. The maximum atomic E-state index is 12.7. The van der Waals surface area contributed by atoms with Crippen molar-refractivity contribution in [2.45, 2.75) is 24.2 Å². The predicted molar refractivity (Wildman–Crippen MR) is 106 cm³/mol. The molecule has 3 N–H and O–H groups in total. The van der Waals surface area contributed by atoms with Gasteiger partial charge in [-0.05, 0) is 37.1 Å². The Hall–Kier alpha value is -3.63. The van der Waals surface area contributed by atoms with Gasteiger partial charge in [-0.25, -0.2) is 12.9 Å². The molecule has 30 heavy (non-hydrogen) atoms. The Balaban J connectivity index is 1.61. The molecule has 0 bridgehead atoms. The first-order chi connectivity index (χ1) is 14.4. The molecule has 12 nitrogen and oxygen atoms in total. The van der Waals surface area contributed by atoms with Crippen molar-refractivity contribution in [3.05, 3.63) is 40.3 Å². The normalized spacial score (nSPS) is 15.6. The van der Waals surface area contributed by atoms with Crippen LogP contribution in [0.25, 0.3) is 5.65 Å². The Bertz CT molecular complexity index is 1330. The summed E-state index contributed by atoms with van der Waals surface area (Å²) >= 11 is 0. The van der Waals surface area contributed by atoms with Crippen LogP contribution in [0.3, 0.4) is 0 Å². The van der Waals surface area contributed by atoms with Crippen molar-refractivity contribution in [3.8, 4) is 6.07 Å². The van der Waals surface area contributed by atoms with E-state index in [1.807, 2.05) is 0 Å². The van der Waals surface area contributed by atoms with Crippen molar-refractivity contribution in [2.75, 3.05) is 18.8 Å². The number of aromatic nitrogens is 4. The second-order valence-corrected chi connectivity index (χ2v) is 8.59. The predicted octanol–water partition coefficient (Wildman–Crippen LogP) is 1.46. The number of hydrogen-bond donors (Lipinski definition) is 2. The number of azo groups is 1. The highest BCUT2D eigenvalue weighted by Gasteiger charge is 2.25. The summed E-state index contributed by atoms with van der Waals surface area (Å²) in [5, 5.41) is 26.7. The molecule has 154 valence electrons. The number of nitrogen functional groups attached to an aromatic ring is 1. The number of nitrogens with zero attached hydrogens (tertiary/aromatic N) is 7. The van der Waals surface area contributed by atoms with Gasteiger partial charge in [0, 0.05) is 13.1 Å². The first kappa shape index (κ1) is 19.7. The lowest BCUT2D eigenvalue weighted by molar-refractivity contribution is 0.346. The number of piperidine rings is 1. The highest BCUT2D eigenvalue weighted by Crippen LogP contribution is 2.24. The lowest BCUT2D eigenvalue weighted by Crippen LogP contribution is -2.35. The van der Waals surface area contributed by atoms with Crippen molar-refractivity contribution < 1.29 is 8.42 Å². The fraction of sp³-hybridized carbons (Fsp3) is 0.294. The van der Waals surface area contributed by atoms with Gasteiger partial charge in [0.2, 0.25) is 21.4 Å². The van der Waals surface area contributed by atoms with Crippen LogP contribution in [0.5, 0.6) is 0 Å². The van der Waals surface area contributed by atoms with E-state index in [4.69, 9.17) is 11.0 Å². The molecule has 0 unspecified atom stereocenters. The molecule has 1 aliphatic heterocycles. The minimum absolute atomic E-state index is 0.0181. The monoisotopic (exact) mass is 427 g/mol. The van der Waals surface area contributed by atoms with Gasteiger partial charge in [-0.15, -0.1) is 15.3 Å². The van der Waals surface area contributed by atoms with Crippen molar-refractivity contribution in [3.63, 3.8) is 0 Å². The molecule has 0 aliphatic carbocycles. The van der Waals surface area contributed by atoms with Gasteiger partial charge in [0.25, 0.3) is 5.56 Å². The number of aromatic amines is 1. The molecule has 1 aromatic carbocycles. The Morgan fingerprint density at radius 2 is 1.80 bits per heavy atom. The summed E-state index contributed by atoms with van der Waals surface area (Å²) in [5.74, 6) is -0.0756. The van der Waals surface area contributed by atoms with Gasteiger partial charge < -0.3 is 5.73 Å². The molecule has 13 heteroatoms. The molecule has 1 aliphatic rings. The summed E-state index contributed by atoms with van der Waals surface area (Å²) in [6.07, 6.45) is 2.75. The maximum absolute atomic E-state index is 12.7. The number of rotatable bonds is 4. The van der Waals surface area contributed by atoms with Gasteiger partial charge >= 0.3 is 0 Å². The summed E-state index contributed by atoms with van der Waals surface area (Å²) in [6, 6.07) is 7.68. The molecular weight excluding hydrogens is 410 g/mol. The summed E-state index contributed by atoms with van der Waals surface area (Å²) in [5.41, 5.74) is 5.25. The molecule has 0 radical (unpaired) electrons. The topological polar surface area (TPSA) is 175 Å². The largest absolute Gasteiger partial charge is 0.381 e. The van der Waals surface area contributed by atoms with E-state index in [0.717, 1.165) is 23.8 Å². The average Bonchev–Trinajstić information content (AvgIpc) is 3.09. The highest BCUT2D eigenvalue weighted by molar-refractivity contribution is 7.89. The number of H-pyrrole nitrogens is 1. The van der Waals surface area contributed by atoms with Crippen LogP contribution < -0.4 is 11.3 Å². The first-order valence-electron chi connectivity index (χ1n) is 9.11. The van der Waals surface area contributed by atoms with Crippen LogP contribution in [0.1, 0.15) is 25.0 Å². The number of sulfonamides is 1. The zero-order valence-electron chi connectivity index (χ0n) is 15.7. The van der Waals surface area contributed by atoms with E-state index < -0.39 is 15.6 Å². The molecule has 3 aromatic rings. The molecule has 0 atom stereocenters. The second kappa shape index (κ2) is 7.65. The third-order valence-corrected chi connectivity index (χ3v) is 6.65. The summed E-state index contributed by atoms with van der Waals surface area (Å²) in [6.45, 7) is 1.04. The van der Waals surface area contributed by atoms with Crippen LogP contribution >= 0.6 is 0 Å². The van der Waals surface area contributed by atoms with Gasteiger partial charge in [0.05, 0.1) is 10.6 Å². The molecule has 4 rings (SSSR count). The van der Waals surface area contributed by atoms with Crippen LogP contribution in [0.4, 0.5) is 17.2 Å². The van der Waals surface area contributed by atoms with Crippen LogP contribution in [0.2, 0.25) is 0 Å². The number of nitrogens with two attached hydrogens (primary N) is 1. The van der Waals surface area contributed by atoms with Crippen LogP contribution in [0.15, 0.2) is 44.2 Å².